The molecule has 4 nitrogen and oxygen atoms in total. The Balaban J connectivity index is 0.00000180. The topological polar surface area (TPSA) is 43.8 Å². The van der Waals surface area contributed by atoms with Gasteiger partial charge in [-0.1, -0.05) is 17.7 Å². The quantitative estimate of drug-likeness (QED) is 0.906. The van der Waals surface area contributed by atoms with Crippen LogP contribution in [-0.4, -0.2) is 60.1 Å². The molecule has 1 saturated heterocycles. The Morgan fingerprint density at radius 1 is 1.16 bits per heavy atom. The van der Waals surface area contributed by atoms with Crippen molar-refractivity contribution in [2.75, 3.05) is 39.3 Å². The van der Waals surface area contributed by atoms with Crippen LogP contribution in [0.5, 0.6) is 0 Å². The molecule has 106 valence electrons. The summed E-state index contributed by atoms with van der Waals surface area (Å²) in [6.07, 6.45) is 0. The van der Waals surface area contributed by atoms with Crippen LogP contribution < -0.4 is 0 Å². The Labute approximate surface area is 120 Å². The third-order valence-corrected chi connectivity index (χ3v) is 3.37. The van der Waals surface area contributed by atoms with Crippen molar-refractivity contribution in [1.29, 1.82) is 0 Å². The molecular formula is C14H21ClN2O2. The number of carbonyl (C=O) groups is 1. The largest absolute Gasteiger partial charge is 0.395 e. The maximum atomic E-state index is 12.2. The van der Waals surface area contributed by atoms with E-state index in [1.807, 2.05) is 36.1 Å². The van der Waals surface area contributed by atoms with Gasteiger partial charge in [0.15, 0.2) is 0 Å². The van der Waals surface area contributed by atoms with Gasteiger partial charge in [0.1, 0.15) is 0 Å². The van der Waals surface area contributed by atoms with Gasteiger partial charge < -0.3 is 10.0 Å². The molecular weight excluding hydrogens is 264 g/mol. The number of carbonyl (C=O) groups excluding carboxylic acids is 1. The second-order valence-corrected chi connectivity index (χ2v) is 4.72. The Morgan fingerprint density at radius 3 is 2.26 bits per heavy atom. The lowest BCUT2D eigenvalue weighted by Gasteiger charge is -2.34. The molecule has 1 aromatic rings. The number of aliphatic hydroxyl groups excluding tert-OH is 1. The van der Waals surface area contributed by atoms with Crippen LogP contribution in [0.4, 0.5) is 0 Å². The first-order valence-electron chi connectivity index (χ1n) is 6.40. The van der Waals surface area contributed by atoms with Gasteiger partial charge in [-0.25, -0.2) is 0 Å². The number of benzene rings is 1. The van der Waals surface area contributed by atoms with Crippen LogP contribution in [0.15, 0.2) is 24.3 Å². The zero-order valence-corrected chi connectivity index (χ0v) is 12.0. The maximum Gasteiger partial charge on any atom is 0.253 e. The van der Waals surface area contributed by atoms with Crippen molar-refractivity contribution in [3.63, 3.8) is 0 Å². The van der Waals surface area contributed by atoms with Gasteiger partial charge in [-0.3, -0.25) is 9.69 Å². The molecule has 2 rings (SSSR count). The van der Waals surface area contributed by atoms with Crippen LogP contribution in [0.3, 0.4) is 0 Å². The van der Waals surface area contributed by atoms with E-state index in [9.17, 15) is 4.79 Å². The zero-order chi connectivity index (χ0) is 13.0. The van der Waals surface area contributed by atoms with Gasteiger partial charge in [0.05, 0.1) is 6.61 Å². The molecule has 0 bridgehead atoms. The summed E-state index contributed by atoms with van der Waals surface area (Å²) in [7, 11) is 0. The summed E-state index contributed by atoms with van der Waals surface area (Å²) in [5, 5.41) is 8.88. The van der Waals surface area contributed by atoms with E-state index in [-0.39, 0.29) is 24.9 Å². The summed E-state index contributed by atoms with van der Waals surface area (Å²) in [6, 6.07) is 7.71. The van der Waals surface area contributed by atoms with Crippen LogP contribution in [0, 0.1) is 6.92 Å². The Hall–Kier alpha value is -1.10. The van der Waals surface area contributed by atoms with E-state index in [0.717, 1.165) is 31.7 Å². The number of β-amino-alcohol motifs (C(OH)–C–C–N with tert-alkyl or cyclic N) is 1. The lowest BCUT2D eigenvalue weighted by atomic mass is 10.1. The normalized spacial score (nSPS) is 16.0. The summed E-state index contributed by atoms with van der Waals surface area (Å²) in [4.78, 5) is 16.3. The first-order valence-corrected chi connectivity index (χ1v) is 6.40. The standard InChI is InChI=1S/C14H20N2O2.ClH/c1-12-2-4-13(5-3-12)14(18)16-8-6-15(7-9-16)10-11-17;/h2-5,17H,6-11H2,1H3;1H. The fraction of sp³-hybridized carbons (Fsp3) is 0.500. The summed E-state index contributed by atoms with van der Waals surface area (Å²) in [6.45, 7) is 6.08. The number of hydrogen-bond acceptors (Lipinski definition) is 3. The van der Waals surface area contributed by atoms with E-state index < -0.39 is 0 Å². The average Bonchev–Trinajstić information content (AvgIpc) is 2.40. The lowest BCUT2D eigenvalue weighted by molar-refractivity contribution is 0.0615. The van der Waals surface area contributed by atoms with E-state index in [1.54, 1.807) is 0 Å². The van der Waals surface area contributed by atoms with Gasteiger partial charge in [0.2, 0.25) is 0 Å². The minimum Gasteiger partial charge on any atom is -0.395 e. The third kappa shape index (κ3) is 4.20. The molecule has 1 heterocycles. The second-order valence-electron chi connectivity index (χ2n) is 4.72. The molecule has 1 N–H and O–H groups in total. The van der Waals surface area contributed by atoms with Gasteiger partial charge in [-0.15, -0.1) is 12.4 Å². The Kier molecular flexibility index (Phi) is 6.28. The van der Waals surface area contributed by atoms with E-state index in [2.05, 4.69) is 4.90 Å². The molecule has 19 heavy (non-hydrogen) atoms. The third-order valence-electron chi connectivity index (χ3n) is 3.37. The molecule has 0 unspecified atom stereocenters. The highest BCUT2D eigenvalue weighted by Gasteiger charge is 2.21. The summed E-state index contributed by atoms with van der Waals surface area (Å²) in [5.74, 6) is 0.110. The maximum absolute atomic E-state index is 12.2. The van der Waals surface area contributed by atoms with Crippen molar-refractivity contribution in [3.05, 3.63) is 35.4 Å². The average molecular weight is 285 g/mol. The number of amides is 1. The van der Waals surface area contributed by atoms with E-state index in [0.29, 0.717) is 6.54 Å². The van der Waals surface area contributed by atoms with Crippen LogP contribution in [0.2, 0.25) is 0 Å². The van der Waals surface area contributed by atoms with Crippen molar-refractivity contribution in [2.24, 2.45) is 0 Å². The monoisotopic (exact) mass is 284 g/mol. The number of halogens is 1. The van der Waals surface area contributed by atoms with Crippen molar-refractivity contribution in [2.45, 2.75) is 6.92 Å². The molecule has 1 aliphatic rings. The van der Waals surface area contributed by atoms with Gasteiger partial charge >= 0.3 is 0 Å². The minimum atomic E-state index is 0. The fourth-order valence-electron chi connectivity index (χ4n) is 2.19. The first kappa shape index (κ1) is 16.0. The predicted molar refractivity (Wildman–Crippen MR) is 77.9 cm³/mol. The highest BCUT2D eigenvalue weighted by atomic mass is 35.5. The molecule has 0 radical (unpaired) electrons. The molecule has 0 aliphatic carbocycles. The van der Waals surface area contributed by atoms with E-state index in [4.69, 9.17) is 5.11 Å². The fourth-order valence-corrected chi connectivity index (χ4v) is 2.19. The number of piperazine rings is 1. The summed E-state index contributed by atoms with van der Waals surface area (Å²) in [5.41, 5.74) is 1.93. The molecule has 0 spiro atoms. The zero-order valence-electron chi connectivity index (χ0n) is 11.2. The minimum absolute atomic E-state index is 0. The van der Waals surface area contributed by atoms with Gasteiger partial charge in [-0.2, -0.15) is 0 Å². The first-order chi connectivity index (χ1) is 8.70. The lowest BCUT2D eigenvalue weighted by Crippen LogP contribution is -2.49. The highest BCUT2D eigenvalue weighted by molar-refractivity contribution is 5.94. The van der Waals surface area contributed by atoms with Crippen LogP contribution in [0.1, 0.15) is 15.9 Å². The van der Waals surface area contributed by atoms with Gasteiger partial charge in [0.25, 0.3) is 5.91 Å². The number of hydrogen-bond donors (Lipinski definition) is 1. The van der Waals surface area contributed by atoms with Gasteiger partial charge in [0, 0.05) is 38.3 Å². The summed E-state index contributed by atoms with van der Waals surface area (Å²) < 4.78 is 0. The molecule has 1 aromatic carbocycles. The number of aliphatic hydroxyl groups is 1. The van der Waals surface area contributed by atoms with Crippen molar-refractivity contribution < 1.29 is 9.90 Å². The van der Waals surface area contributed by atoms with Gasteiger partial charge in [-0.05, 0) is 19.1 Å². The van der Waals surface area contributed by atoms with Crippen molar-refractivity contribution in [1.82, 2.24) is 9.80 Å². The molecule has 5 heteroatoms. The number of nitrogens with zero attached hydrogens (tertiary/aromatic N) is 2. The SMILES string of the molecule is Cc1ccc(C(=O)N2CCN(CCO)CC2)cc1.Cl. The number of aryl methyl sites for hydroxylation is 1. The van der Waals surface area contributed by atoms with Crippen molar-refractivity contribution in [3.8, 4) is 0 Å². The van der Waals surface area contributed by atoms with E-state index >= 15 is 0 Å². The van der Waals surface area contributed by atoms with Crippen LogP contribution in [-0.2, 0) is 0 Å². The second kappa shape index (κ2) is 7.48. The van der Waals surface area contributed by atoms with Crippen LogP contribution >= 0.6 is 12.4 Å². The Bertz CT molecular complexity index is 400. The molecule has 1 aliphatic heterocycles. The highest BCUT2D eigenvalue weighted by Crippen LogP contribution is 2.09. The predicted octanol–water partition coefficient (Wildman–Crippen LogP) is 1.17. The molecule has 0 atom stereocenters. The molecule has 0 aromatic heterocycles. The smallest absolute Gasteiger partial charge is 0.253 e. The molecule has 0 saturated carbocycles. The van der Waals surface area contributed by atoms with Crippen LogP contribution in [0.25, 0.3) is 0 Å². The molecule has 1 fully saturated rings. The number of rotatable bonds is 3. The molecule has 1 amide bonds. The van der Waals surface area contributed by atoms with E-state index in [1.165, 1.54) is 5.56 Å². The van der Waals surface area contributed by atoms with Crippen molar-refractivity contribution >= 4 is 18.3 Å². The summed E-state index contributed by atoms with van der Waals surface area (Å²) >= 11 is 0. The Morgan fingerprint density at radius 2 is 1.74 bits per heavy atom.